The van der Waals surface area contributed by atoms with Crippen LogP contribution in [0, 0.1) is 0 Å². The van der Waals surface area contributed by atoms with E-state index >= 15 is 0 Å². The summed E-state index contributed by atoms with van der Waals surface area (Å²) in [6, 6.07) is 12.4. The number of nitrogens with one attached hydrogen (secondary N) is 1. The van der Waals surface area contributed by atoms with Gasteiger partial charge in [0.1, 0.15) is 0 Å². The quantitative estimate of drug-likeness (QED) is 0.830. The molecular formula is C15H21N3O. The Bertz CT molecular complexity index is 481. The molecule has 0 saturated carbocycles. The Kier molecular flexibility index (Phi) is 4.98. The maximum atomic E-state index is 5.38. The van der Waals surface area contributed by atoms with Crippen LogP contribution < -0.4 is 10.2 Å². The van der Waals surface area contributed by atoms with Crippen molar-refractivity contribution in [1.29, 1.82) is 0 Å². The van der Waals surface area contributed by atoms with E-state index in [1.54, 1.807) is 0 Å². The van der Waals surface area contributed by atoms with Crippen LogP contribution in [0.3, 0.4) is 0 Å². The van der Waals surface area contributed by atoms with Gasteiger partial charge in [-0.3, -0.25) is 0 Å². The molecule has 1 aromatic carbocycles. The highest BCUT2D eigenvalue weighted by molar-refractivity contribution is 5.45. The molecule has 102 valence electrons. The maximum Gasteiger partial charge on any atom is 0.156 e. The lowest BCUT2D eigenvalue weighted by molar-refractivity contribution is 0.374. The lowest BCUT2D eigenvalue weighted by atomic mass is 10.2. The fourth-order valence-electron chi connectivity index (χ4n) is 1.98. The van der Waals surface area contributed by atoms with Gasteiger partial charge in [0.2, 0.25) is 0 Å². The van der Waals surface area contributed by atoms with E-state index in [9.17, 15) is 0 Å². The van der Waals surface area contributed by atoms with E-state index in [1.807, 2.05) is 12.1 Å². The van der Waals surface area contributed by atoms with Gasteiger partial charge in [0, 0.05) is 24.8 Å². The minimum atomic E-state index is 0.750. The van der Waals surface area contributed by atoms with Crippen molar-refractivity contribution in [3.8, 4) is 0 Å². The topological polar surface area (TPSA) is 41.3 Å². The predicted molar refractivity (Wildman–Crippen MR) is 77.0 cm³/mol. The standard InChI is InChI=1S/C15H21N3O/c1-3-16-11-13-10-15(19-17-13)12-18(4-2)14-8-6-5-7-9-14/h5-10,16H,3-4,11-12H2,1-2H3. The van der Waals surface area contributed by atoms with Crippen molar-refractivity contribution in [2.45, 2.75) is 26.9 Å². The average Bonchev–Trinajstić information content (AvgIpc) is 2.91. The lowest BCUT2D eigenvalue weighted by Crippen LogP contribution is -2.21. The smallest absolute Gasteiger partial charge is 0.156 e. The number of nitrogens with zero attached hydrogens (tertiary/aromatic N) is 2. The van der Waals surface area contributed by atoms with E-state index in [-0.39, 0.29) is 0 Å². The number of rotatable bonds is 7. The van der Waals surface area contributed by atoms with Gasteiger partial charge in [0.15, 0.2) is 5.76 Å². The molecule has 0 atom stereocenters. The van der Waals surface area contributed by atoms with Gasteiger partial charge in [0.05, 0.1) is 12.2 Å². The van der Waals surface area contributed by atoms with Gasteiger partial charge in [-0.1, -0.05) is 30.3 Å². The first kappa shape index (κ1) is 13.6. The maximum absolute atomic E-state index is 5.38. The van der Waals surface area contributed by atoms with Crippen molar-refractivity contribution in [2.24, 2.45) is 0 Å². The van der Waals surface area contributed by atoms with Crippen LogP contribution in [-0.4, -0.2) is 18.2 Å². The lowest BCUT2D eigenvalue weighted by Gasteiger charge is -2.21. The van der Waals surface area contributed by atoms with Gasteiger partial charge in [-0.05, 0) is 25.6 Å². The third-order valence-corrected chi connectivity index (χ3v) is 3.01. The first-order chi connectivity index (χ1) is 9.33. The summed E-state index contributed by atoms with van der Waals surface area (Å²) in [4.78, 5) is 2.26. The first-order valence-corrected chi connectivity index (χ1v) is 6.78. The molecule has 1 N–H and O–H groups in total. The Morgan fingerprint density at radius 3 is 2.68 bits per heavy atom. The molecule has 1 heterocycles. The number of benzene rings is 1. The van der Waals surface area contributed by atoms with Gasteiger partial charge in [0.25, 0.3) is 0 Å². The molecule has 4 heteroatoms. The summed E-state index contributed by atoms with van der Waals surface area (Å²) in [6.07, 6.45) is 0. The number of anilines is 1. The Morgan fingerprint density at radius 1 is 1.21 bits per heavy atom. The van der Waals surface area contributed by atoms with Crippen LogP contribution >= 0.6 is 0 Å². The first-order valence-electron chi connectivity index (χ1n) is 6.78. The minimum Gasteiger partial charge on any atom is -0.364 e. The Labute approximate surface area is 114 Å². The molecule has 0 radical (unpaired) electrons. The second-order valence-electron chi connectivity index (χ2n) is 4.41. The van der Waals surface area contributed by atoms with Gasteiger partial charge >= 0.3 is 0 Å². The zero-order valence-corrected chi connectivity index (χ0v) is 11.6. The molecule has 0 aliphatic heterocycles. The van der Waals surface area contributed by atoms with Crippen molar-refractivity contribution in [3.63, 3.8) is 0 Å². The van der Waals surface area contributed by atoms with E-state index in [4.69, 9.17) is 4.52 Å². The van der Waals surface area contributed by atoms with Crippen LogP contribution in [0.15, 0.2) is 40.9 Å². The normalized spacial score (nSPS) is 10.6. The fraction of sp³-hybridized carbons (Fsp3) is 0.400. The van der Waals surface area contributed by atoms with E-state index in [1.165, 1.54) is 5.69 Å². The zero-order chi connectivity index (χ0) is 13.5. The van der Waals surface area contributed by atoms with Crippen molar-refractivity contribution < 1.29 is 4.52 Å². The molecule has 1 aromatic heterocycles. The Balaban J connectivity index is 2.00. The molecule has 4 nitrogen and oxygen atoms in total. The highest BCUT2D eigenvalue weighted by Gasteiger charge is 2.09. The second-order valence-corrected chi connectivity index (χ2v) is 4.41. The molecule has 0 fully saturated rings. The summed E-state index contributed by atoms with van der Waals surface area (Å²) in [5, 5.41) is 7.31. The molecule has 19 heavy (non-hydrogen) atoms. The summed E-state index contributed by atoms with van der Waals surface area (Å²) in [5.74, 6) is 0.901. The third-order valence-electron chi connectivity index (χ3n) is 3.01. The summed E-state index contributed by atoms with van der Waals surface area (Å²) >= 11 is 0. The van der Waals surface area contributed by atoms with Gasteiger partial charge < -0.3 is 14.7 Å². The molecule has 0 aliphatic rings. The summed E-state index contributed by atoms with van der Waals surface area (Å²) in [5.41, 5.74) is 2.16. The highest BCUT2D eigenvalue weighted by Crippen LogP contribution is 2.16. The molecule has 0 unspecified atom stereocenters. The summed E-state index contributed by atoms with van der Waals surface area (Å²) in [7, 11) is 0. The number of hydrogen-bond donors (Lipinski definition) is 1. The van der Waals surface area contributed by atoms with E-state index in [0.717, 1.165) is 37.6 Å². The Hall–Kier alpha value is -1.81. The van der Waals surface area contributed by atoms with Crippen molar-refractivity contribution >= 4 is 5.69 Å². The largest absolute Gasteiger partial charge is 0.364 e. The van der Waals surface area contributed by atoms with Crippen LogP contribution in [0.5, 0.6) is 0 Å². The van der Waals surface area contributed by atoms with E-state index in [0.29, 0.717) is 0 Å². The SMILES string of the molecule is CCNCc1cc(CN(CC)c2ccccc2)on1. The molecule has 2 aromatic rings. The van der Waals surface area contributed by atoms with Crippen LogP contribution in [-0.2, 0) is 13.1 Å². The molecule has 0 saturated heterocycles. The molecule has 0 aliphatic carbocycles. The molecule has 0 bridgehead atoms. The van der Waals surface area contributed by atoms with Crippen LogP contribution in [0.25, 0.3) is 0 Å². The number of hydrogen-bond acceptors (Lipinski definition) is 4. The predicted octanol–water partition coefficient (Wildman–Crippen LogP) is 2.81. The van der Waals surface area contributed by atoms with Crippen LogP contribution in [0.1, 0.15) is 25.3 Å². The van der Waals surface area contributed by atoms with Crippen LogP contribution in [0.2, 0.25) is 0 Å². The fourth-order valence-corrected chi connectivity index (χ4v) is 1.98. The molecule has 0 amide bonds. The zero-order valence-electron chi connectivity index (χ0n) is 11.6. The molecular weight excluding hydrogens is 238 g/mol. The van der Waals surface area contributed by atoms with Gasteiger partial charge in [-0.15, -0.1) is 0 Å². The van der Waals surface area contributed by atoms with E-state index < -0.39 is 0 Å². The molecule has 2 rings (SSSR count). The van der Waals surface area contributed by atoms with Crippen molar-refractivity contribution in [3.05, 3.63) is 47.9 Å². The Morgan fingerprint density at radius 2 is 2.00 bits per heavy atom. The minimum absolute atomic E-state index is 0.750. The summed E-state index contributed by atoms with van der Waals surface area (Å²) in [6.45, 7) is 7.61. The number of aromatic nitrogens is 1. The summed E-state index contributed by atoms with van der Waals surface area (Å²) < 4.78 is 5.38. The van der Waals surface area contributed by atoms with Gasteiger partial charge in [-0.2, -0.15) is 0 Å². The highest BCUT2D eigenvalue weighted by atomic mass is 16.5. The van der Waals surface area contributed by atoms with Crippen molar-refractivity contribution in [1.82, 2.24) is 10.5 Å². The van der Waals surface area contributed by atoms with Crippen LogP contribution in [0.4, 0.5) is 5.69 Å². The monoisotopic (exact) mass is 259 g/mol. The second kappa shape index (κ2) is 6.95. The van der Waals surface area contributed by atoms with Crippen molar-refractivity contribution in [2.75, 3.05) is 18.0 Å². The number of para-hydroxylation sites is 1. The molecule has 0 spiro atoms. The van der Waals surface area contributed by atoms with Gasteiger partial charge in [-0.25, -0.2) is 0 Å². The average molecular weight is 259 g/mol. The third kappa shape index (κ3) is 3.83. The van der Waals surface area contributed by atoms with E-state index in [2.05, 4.69) is 53.5 Å².